The number of fused-ring (bicyclic) bond motifs is 2. The first-order valence-corrected chi connectivity index (χ1v) is 14.9. The molecule has 2 aromatic rings. The highest BCUT2D eigenvalue weighted by molar-refractivity contribution is 7.89. The molecule has 2 aromatic carbocycles. The second kappa shape index (κ2) is 10.5. The number of ketones is 1. The van der Waals surface area contributed by atoms with Crippen molar-refractivity contribution in [3.8, 4) is 0 Å². The molecule has 40 heavy (non-hydrogen) atoms. The van der Waals surface area contributed by atoms with E-state index in [1.54, 1.807) is 31.3 Å². The summed E-state index contributed by atoms with van der Waals surface area (Å²) in [5.74, 6) is -2.97. The molecule has 0 aromatic heterocycles. The van der Waals surface area contributed by atoms with E-state index in [2.05, 4.69) is 0 Å². The topological polar surface area (TPSA) is 119 Å². The molecule has 1 N–H and O–H groups in total. The number of aliphatic hydroxyl groups excluding tert-OH is 1. The predicted octanol–water partition coefficient (Wildman–Crippen LogP) is 2.37. The zero-order chi connectivity index (χ0) is 28.8. The Labute approximate surface area is 234 Å². The summed E-state index contributed by atoms with van der Waals surface area (Å²) in [5, 5.41) is 11.7. The van der Waals surface area contributed by atoms with Gasteiger partial charge in [-0.25, -0.2) is 8.42 Å². The zero-order valence-electron chi connectivity index (χ0n) is 23.0. The summed E-state index contributed by atoms with van der Waals surface area (Å²) in [6.07, 6.45) is 2.99. The second-order valence-corrected chi connectivity index (χ2v) is 12.7. The molecule has 1 unspecified atom stereocenters. The van der Waals surface area contributed by atoms with Crippen molar-refractivity contribution < 1.29 is 27.9 Å². The number of carbonyl (C=O) groups excluding carboxylic acids is 3. The maximum Gasteiger partial charge on any atom is 0.296 e. The molecule has 1 spiro atoms. The number of anilines is 1. The van der Waals surface area contributed by atoms with Crippen molar-refractivity contribution in [2.75, 3.05) is 52.2 Å². The summed E-state index contributed by atoms with van der Waals surface area (Å²) in [5.41, 5.74) is -1.22. The predicted molar refractivity (Wildman–Crippen MR) is 150 cm³/mol. The number of para-hydroxylation sites is 1. The van der Waals surface area contributed by atoms with E-state index in [0.29, 0.717) is 37.3 Å². The number of piperidine rings is 1. The second-order valence-electron chi connectivity index (χ2n) is 10.8. The van der Waals surface area contributed by atoms with E-state index in [1.807, 2.05) is 19.0 Å². The molecule has 0 bridgehead atoms. The number of amides is 2. The van der Waals surface area contributed by atoms with Crippen LogP contribution >= 0.6 is 0 Å². The summed E-state index contributed by atoms with van der Waals surface area (Å²) in [6, 6.07) is 12.6. The van der Waals surface area contributed by atoms with Gasteiger partial charge in [0.1, 0.15) is 5.76 Å². The average Bonchev–Trinajstić information content (AvgIpc) is 3.31. The minimum atomic E-state index is -3.84. The van der Waals surface area contributed by atoms with Crippen molar-refractivity contribution in [1.29, 1.82) is 0 Å². The van der Waals surface area contributed by atoms with E-state index >= 15 is 0 Å². The van der Waals surface area contributed by atoms with Crippen LogP contribution in [0.25, 0.3) is 5.76 Å². The number of hydrogen-bond acceptors (Lipinski definition) is 7. The van der Waals surface area contributed by atoms with E-state index in [4.69, 9.17) is 0 Å². The molecular formula is C29H34N4O6S. The highest BCUT2D eigenvalue weighted by Gasteiger charge is 2.66. The van der Waals surface area contributed by atoms with Crippen molar-refractivity contribution in [2.24, 2.45) is 0 Å². The number of likely N-dealkylation sites (N-methyl/N-ethyl adjacent to an activating group) is 1. The molecule has 2 fully saturated rings. The van der Waals surface area contributed by atoms with Crippen LogP contribution in [-0.4, -0.2) is 92.5 Å². The van der Waals surface area contributed by atoms with E-state index in [9.17, 15) is 27.9 Å². The Kier molecular flexibility index (Phi) is 7.32. The molecular weight excluding hydrogens is 532 g/mol. The number of likely N-dealkylation sites (tertiary alicyclic amines) is 1. The van der Waals surface area contributed by atoms with Crippen LogP contribution in [0.1, 0.15) is 36.8 Å². The molecule has 3 heterocycles. The van der Waals surface area contributed by atoms with Crippen LogP contribution in [-0.2, 0) is 29.9 Å². The number of benzene rings is 2. The molecule has 5 rings (SSSR count). The quantitative estimate of drug-likeness (QED) is 0.311. The molecule has 1 atom stereocenters. The standard InChI is InChI=1S/C29H34N4O6S/c1-30(2)15-10-18-33-27(36)26(35)24(29(33)22-13-5-6-14-23(22)31(3)28(29)37)25(34)20-11-9-12-21(19-20)40(38,39)32-16-7-4-8-17-32/h5-6,9,11-14,19,34H,4,7-8,10,15-18H2,1-3H3/b25-24+. The van der Waals surface area contributed by atoms with Gasteiger partial charge in [0, 0.05) is 43.5 Å². The molecule has 3 aliphatic heterocycles. The van der Waals surface area contributed by atoms with Gasteiger partial charge in [-0.15, -0.1) is 0 Å². The van der Waals surface area contributed by atoms with Gasteiger partial charge in [0.15, 0.2) is 5.54 Å². The number of nitrogens with zero attached hydrogens (tertiary/aromatic N) is 4. The van der Waals surface area contributed by atoms with Gasteiger partial charge in [-0.05, 0) is 58.1 Å². The molecule has 2 saturated heterocycles. The number of aliphatic hydroxyl groups is 1. The summed E-state index contributed by atoms with van der Waals surface area (Å²) in [6.45, 7) is 1.54. The van der Waals surface area contributed by atoms with Gasteiger partial charge >= 0.3 is 0 Å². The summed E-state index contributed by atoms with van der Waals surface area (Å²) in [4.78, 5) is 45.9. The number of hydrogen-bond donors (Lipinski definition) is 1. The van der Waals surface area contributed by atoms with Crippen molar-refractivity contribution >= 4 is 39.1 Å². The largest absolute Gasteiger partial charge is 0.507 e. The van der Waals surface area contributed by atoms with E-state index in [0.717, 1.165) is 19.3 Å². The van der Waals surface area contributed by atoms with Crippen LogP contribution < -0.4 is 4.90 Å². The fourth-order valence-corrected chi connectivity index (χ4v) is 7.58. The fourth-order valence-electron chi connectivity index (χ4n) is 6.02. The molecule has 2 amide bonds. The molecule has 212 valence electrons. The highest BCUT2D eigenvalue weighted by atomic mass is 32.2. The lowest BCUT2D eigenvalue weighted by molar-refractivity contribution is -0.143. The lowest BCUT2D eigenvalue weighted by Gasteiger charge is -2.34. The van der Waals surface area contributed by atoms with Gasteiger partial charge < -0.3 is 19.8 Å². The SMILES string of the molecule is CN(C)CCCN1C(=O)C(=O)/C(=C(\O)c2cccc(S(=O)(=O)N3CCCCC3)c2)C12C(=O)N(C)c1ccccc12. The van der Waals surface area contributed by atoms with Gasteiger partial charge in [-0.1, -0.05) is 36.8 Å². The minimum Gasteiger partial charge on any atom is -0.507 e. The molecule has 3 aliphatic rings. The van der Waals surface area contributed by atoms with Crippen LogP contribution in [0.4, 0.5) is 5.69 Å². The van der Waals surface area contributed by atoms with E-state index in [1.165, 1.54) is 38.4 Å². The van der Waals surface area contributed by atoms with Crippen LogP contribution in [0.2, 0.25) is 0 Å². The normalized spacial score (nSPS) is 23.1. The third-order valence-electron chi connectivity index (χ3n) is 7.99. The Morgan fingerprint density at radius 1 is 1.00 bits per heavy atom. The molecule has 0 radical (unpaired) electrons. The number of carbonyl (C=O) groups is 3. The summed E-state index contributed by atoms with van der Waals surface area (Å²) < 4.78 is 28.2. The molecule has 11 heteroatoms. The maximum atomic E-state index is 14.1. The van der Waals surface area contributed by atoms with E-state index in [-0.39, 0.29) is 22.6 Å². The Balaban J connectivity index is 1.69. The summed E-state index contributed by atoms with van der Waals surface area (Å²) >= 11 is 0. The van der Waals surface area contributed by atoms with Crippen LogP contribution in [0, 0.1) is 0 Å². The van der Waals surface area contributed by atoms with Crippen LogP contribution in [0.5, 0.6) is 0 Å². The third kappa shape index (κ3) is 4.23. The van der Waals surface area contributed by atoms with Crippen LogP contribution in [0.15, 0.2) is 59.0 Å². The van der Waals surface area contributed by atoms with Crippen molar-refractivity contribution in [2.45, 2.75) is 36.1 Å². The number of rotatable bonds is 7. The minimum absolute atomic E-state index is 0.0250. The van der Waals surface area contributed by atoms with Crippen molar-refractivity contribution in [3.05, 3.63) is 65.2 Å². The number of sulfonamides is 1. The molecule has 0 saturated carbocycles. The van der Waals surface area contributed by atoms with Gasteiger partial charge in [0.2, 0.25) is 10.0 Å². The lowest BCUT2D eigenvalue weighted by atomic mass is 9.82. The van der Waals surface area contributed by atoms with Gasteiger partial charge in [0.25, 0.3) is 17.6 Å². The van der Waals surface area contributed by atoms with Gasteiger partial charge in [-0.2, -0.15) is 4.31 Å². The molecule has 0 aliphatic carbocycles. The van der Waals surface area contributed by atoms with Crippen LogP contribution in [0.3, 0.4) is 0 Å². The highest BCUT2D eigenvalue weighted by Crippen LogP contribution is 2.53. The monoisotopic (exact) mass is 566 g/mol. The Bertz CT molecular complexity index is 1510. The zero-order valence-corrected chi connectivity index (χ0v) is 23.8. The average molecular weight is 567 g/mol. The van der Waals surface area contributed by atoms with Gasteiger partial charge in [0.05, 0.1) is 10.5 Å². The first kappa shape index (κ1) is 28.0. The maximum absolute atomic E-state index is 14.1. The molecule has 10 nitrogen and oxygen atoms in total. The smallest absolute Gasteiger partial charge is 0.296 e. The first-order chi connectivity index (χ1) is 19.0. The Morgan fingerprint density at radius 3 is 2.40 bits per heavy atom. The Hall–Kier alpha value is -3.54. The fraction of sp³-hybridized carbons (Fsp3) is 0.414. The Morgan fingerprint density at radius 2 is 1.70 bits per heavy atom. The van der Waals surface area contributed by atoms with Gasteiger partial charge in [-0.3, -0.25) is 14.4 Å². The first-order valence-electron chi connectivity index (χ1n) is 13.5. The lowest BCUT2D eigenvalue weighted by Crippen LogP contribution is -2.51. The van der Waals surface area contributed by atoms with Crippen molar-refractivity contribution in [1.82, 2.24) is 14.1 Å². The number of Topliss-reactive ketones (excluding diaryl/α,β-unsaturated/α-hetero) is 1. The third-order valence-corrected chi connectivity index (χ3v) is 9.88. The van der Waals surface area contributed by atoms with Crippen molar-refractivity contribution in [3.63, 3.8) is 0 Å². The summed E-state index contributed by atoms with van der Waals surface area (Å²) in [7, 11) is 1.51. The van der Waals surface area contributed by atoms with E-state index < -0.39 is 38.9 Å².